The van der Waals surface area contributed by atoms with E-state index < -0.39 is 0 Å². The number of ether oxygens (including phenoxy) is 1. The normalized spacial score (nSPS) is 23.7. The molecule has 2 unspecified atom stereocenters. The van der Waals surface area contributed by atoms with Crippen LogP contribution in [0.1, 0.15) is 37.2 Å². The van der Waals surface area contributed by atoms with E-state index in [1.54, 1.807) is 18.4 Å². The maximum absolute atomic E-state index is 5.27. The van der Waals surface area contributed by atoms with Gasteiger partial charge in [-0.05, 0) is 43.5 Å². The lowest BCUT2D eigenvalue weighted by Gasteiger charge is -2.28. The monoisotopic (exact) mass is 276 g/mol. The van der Waals surface area contributed by atoms with Crippen LogP contribution in [0.3, 0.4) is 0 Å². The standard InChI is InChI=1S/C15H20N2OS/c1-3-10-6-7-16-13(8-10)15-17-12-5-4-11(18-2)9-14(12)19-15/h4-5,9-10,13,16H,3,6-8H2,1-2H3. The minimum atomic E-state index is 0.432. The van der Waals surface area contributed by atoms with Gasteiger partial charge in [0, 0.05) is 0 Å². The number of benzene rings is 1. The zero-order valence-electron chi connectivity index (χ0n) is 11.5. The lowest BCUT2D eigenvalue weighted by molar-refractivity contribution is 0.299. The first-order valence-corrected chi connectivity index (χ1v) is 7.79. The van der Waals surface area contributed by atoms with E-state index >= 15 is 0 Å². The lowest BCUT2D eigenvalue weighted by Crippen LogP contribution is -2.31. The van der Waals surface area contributed by atoms with Gasteiger partial charge in [-0.2, -0.15) is 0 Å². The Kier molecular flexibility index (Phi) is 3.71. The Labute approximate surface area is 118 Å². The molecule has 0 amide bonds. The third-order valence-electron chi connectivity index (χ3n) is 4.00. The van der Waals surface area contributed by atoms with Crippen LogP contribution in [-0.2, 0) is 0 Å². The van der Waals surface area contributed by atoms with Crippen molar-refractivity contribution in [3.05, 3.63) is 23.2 Å². The molecule has 1 fully saturated rings. The van der Waals surface area contributed by atoms with Crippen LogP contribution in [0, 0.1) is 5.92 Å². The highest BCUT2D eigenvalue weighted by Crippen LogP contribution is 2.34. The van der Waals surface area contributed by atoms with Gasteiger partial charge in [0.05, 0.1) is 23.4 Å². The Hall–Kier alpha value is -1.13. The quantitative estimate of drug-likeness (QED) is 0.927. The fraction of sp³-hybridized carbons (Fsp3) is 0.533. The molecule has 1 aromatic carbocycles. The van der Waals surface area contributed by atoms with Crippen LogP contribution in [0.5, 0.6) is 5.75 Å². The molecule has 19 heavy (non-hydrogen) atoms. The molecule has 2 aromatic rings. The van der Waals surface area contributed by atoms with Gasteiger partial charge in [-0.1, -0.05) is 13.3 Å². The van der Waals surface area contributed by atoms with E-state index in [0.29, 0.717) is 6.04 Å². The van der Waals surface area contributed by atoms with E-state index in [9.17, 15) is 0 Å². The van der Waals surface area contributed by atoms with Crippen molar-refractivity contribution in [1.82, 2.24) is 10.3 Å². The van der Waals surface area contributed by atoms with E-state index in [-0.39, 0.29) is 0 Å². The summed E-state index contributed by atoms with van der Waals surface area (Å²) in [7, 11) is 1.71. The number of hydrogen-bond acceptors (Lipinski definition) is 4. The number of hydrogen-bond donors (Lipinski definition) is 1. The maximum atomic E-state index is 5.27. The number of piperidine rings is 1. The molecule has 102 valence electrons. The summed E-state index contributed by atoms with van der Waals surface area (Å²) in [6.07, 6.45) is 3.79. The fourth-order valence-corrected chi connectivity index (χ4v) is 3.84. The summed E-state index contributed by atoms with van der Waals surface area (Å²) < 4.78 is 6.49. The summed E-state index contributed by atoms with van der Waals surface area (Å²) in [6.45, 7) is 3.40. The first-order chi connectivity index (χ1) is 9.30. The van der Waals surface area contributed by atoms with E-state index in [4.69, 9.17) is 9.72 Å². The molecule has 1 aliphatic rings. The second-order valence-electron chi connectivity index (χ2n) is 5.19. The molecule has 1 N–H and O–H groups in total. The molecular formula is C15H20N2OS. The molecule has 1 saturated heterocycles. The Morgan fingerprint density at radius 3 is 3.16 bits per heavy atom. The third kappa shape index (κ3) is 2.60. The molecule has 2 heterocycles. The average molecular weight is 276 g/mol. The van der Waals surface area contributed by atoms with Crippen molar-refractivity contribution < 1.29 is 4.74 Å². The van der Waals surface area contributed by atoms with Crippen LogP contribution in [-0.4, -0.2) is 18.6 Å². The Bertz CT molecular complexity index is 566. The second-order valence-corrected chi connectivity index (χ2v) is 6.25. The van der Waals surface area contributed by atoms with Gasteiger partial charge in [0.15, 0.2) is 0 Å². The number of methoxy groups -OCH3 is 1. The predicted molar refractivity (Wildman–Crippen MR) is 79.9 cm³/mol. The van der Waals surface area contributed by atoms with Crippen LogP contribution in [0.4, 0.5) is 0 Å². The zero-order valence-corrected chi connectivity index (χ0v) is 12.3. The smallest absolute Gasteiger partial charge is 0.120 e. The van der Waals surface area contributed by atoms with E-state index in [0.717, 1.165) is 23.7 Å². The summed E-state index contributed by atoms with van der Waals surface area (Å²) in [5.74, 6) is 1.75. The number of rotatable bonds is 3. The van der Waals surface area contributed by atoms with Crippen LogP contribution in [0.25, 0.3) is 10.2 Å². The van der Waals surface area contributed by atoms with Gasteiger partial charge >= 0.3 is 0 Å². The summed E-state index contributed by atoms with van der Waals surface area (Å²) in [4.78, 5) is 4.78. The molecule has 0 bridgehead atoms. The van der Waals surface area contributed by atoms with Crippen LogP contribution >= 0.6 is 11.3 Å². The largest absolute Gasteiger partial charge is 0.497 e. The minimum absolute atomic E-state index is 0.432. The highest BCUT2D eigenvalue weighted by Gasteiger charge is 2.24. The maximum Gasteiger partial charge on any atom is 0.120 e. The highest BCUT2D eigenvalue weighted by molar-refractivity contribution is 7.18. The second kappa shape index (κ2) is 5.47. The van der Waals surface area contributed by atoms with Crippen molar-refractivity contribution in [2.24, 2.45) is 5.92 Å². The number of fused-ring (bicyclic) bond motifs is 1. The first-order valence-electron chi connectivity index (χ1n) is 6.98. The molecule has 2 atom stereocenters. The van der Waals surface area contributed by atoms with Crippen LogP contribution < -0.4 is 10.1 Å². The highest BCUT2D eigenvalue weighted by atomic mass is 32.1. The molecule has 1 aliphatic heterocycles. The van der Waals surface area contributed by atoms with Gasteiger partial charge in [0.1, 0.15) is 10.8 Å². The number of thiazole rings is 1. The molecule has 3 rings (SSSR count). The van der Waals surface area contributed by atoms with Gasteiger partial charge in [0.25, 0.3) is 0 Å². The van der Waals surface area contributed by atoms with Crippen molar-refractivity contribution in [2.75, 3.05) is 13.7 Å². The predicted octanol–water partition coefficient (Wildman–Crippen LogP) is 3.76. The number of nitrogens with zero attached hydrogens (tertiary/aromatic N) is 1. The fourth-order valence-electron chi connectivity index (χ4n) is 2.75. The van der Waals surface area contributed by atoms with Gasteiger partial charge in [-0.3, -0.25) is 0 Å². The third-order valence-corrected chi connectivity index (χ3v) is 5.13. The van der Waals surface area contributed by atoms with Gasteiger partial charge < -0.3 is 10.1 Å². The summed E-state index contributed by atoms with van der Waals surface area (Å²) in [6, 6.07) is 6.54. The van der Waals surface area contributed by atoms with E-state index in [2.05, 4.69) is 18.3 Å². The molecule has 0 radical (unpaired) electrons. The van der Waals surface area contributed by atoms with Crippen molar-refractivity contribution in [3.63, 3.8) is 0 Å². The zero-order chi connectivity index (χ0) is 13.2. The number of nitrogens with one attached hydrogen (secondary N) is 1. The van der Waals surface area contributed by atoms with Gasteiger partial charge in [-0.25, -0.2) is 4.98 Å². The Morgan fingerprint density at radius 1 is 1.47 bits per heavy atom. The summed E-state index contributed by atoms with van der Waals surface area (Å²) >= 11 is 1.79. The van der Waals surface area contributed by atoms with E-state index in [1.165, 1.54) is 29.0 Å². The summed E-state index contributed by atoms with van der Waals surface area (Å²) in [5.41, 5.74) is 1.08. The molecular weight excluding hydrogens is 256 g/mol. The lowest BCUT2D eigenvalue weighted by atomic mass is 9.91. The van der Waals surface area contributed by atoms with Crippen molar-refractivity contribution in [2.45, 2.75) is 32.2 Å². The van der Waals surface area contributed by atoms with Gasteiger partial charge in [0.2, 0.25) is 0 Å². The topological polar surface area (TPSA) is 34.2 Å². The molecule has 3 nitrogen and oxygen atoms in total. The van der Waals surface area contributed by atoms with Crippen LogP contribution in [0.15, 0.2) is 18.2 Å². The van der Waals surface area contributed by atoms with E-state index in [1.807, 2.05) is 12.1 Å². The number of aromatic nitrogens is 1. The molecule has 0 spiro atoms. The Balaban J connectivity index is 1.88. The van der Waals surface area contributed by atoms with Crippen molar-refractivity contribution in [3.8, 4) is 5.75 Å². The van der Waals surface area contributed by atoms with Crippen molar-refractivity contribution in [1.29, 1.82) is 0 Å². The minimum Gasteiger partial charge on any atom is -0.497 e. The Morgan fingerprint density at radius 2 is 2.37 bits per heavy atom. The average Bonchev–Trinajstić information content (AvgIpc) is 2.90. The first kappa shape index (κ1) is 12.9. The molecule has 1 aromatic heterocycles. The summed E-state index contributed by atoms with van der Waals surface area (Å²) in [5, 5.41) is 4.83. The SMILES string of the molecule is CCC1CCNC(c2nc3ccc(OC)cc3s2)C1. The molecule has 0 aliphatic carbocycles. The molecule has 0 saturated carbocycles. The van der Waals surface area contributed by atoms with Crippen LogP contribution in [0.2, 0.25) is 0 Å². The van der Waals surface area contributed by atoms with Gasteiger partial charge in [-0.15, -0.1) is 11.3 Å². The van der Waals surface area contributed by atoms with Crippen molar-refractivity contribution >= 4 is 21.6 Å². The molecule has 4 heteroatoms.